The van der Waals surface area contributed by atoms with Crippen LogP contribution in [0.4, 0.5) is 5.82 Å². The number of aromatic nitrogens is 2. The van der Waals surface area contributed by atoms with E-state index in [-0.39, 0.29) is 11.9 Å². The van der Waals surface area contributed by atoms with E-state index in [1.165, 1.54) is 0 Å². The monoisotopic (exact) mass is 324 g/mol. The molecule has 1 amide bonds. The minimum Gasteiger partial charge on any atom is -0.365 e. The van der Waals surface area contributed by atoms with Gasteiger partial charge in [0, 0.05) is 35.3 Å². The first-order valence-electron chi connectivity index (χ1n) is 7.62. The lowest BCUT2D eigenvalue weighted by atomic mass is 10.1. The van der Waals surface area contributed by atoms with Crippen LogP contribution in [-0.4, -0.2) is 28.5 Å². The number of hydrogen-bond donors (Lipinski definition) is 2. The molecule has 2 N–H and O–H groups in total. The Kier molecular flexibility index (Phi) is 3.67. The van der Waals surface area contributed by atoms with Crippen LogP contribution in [0.1, 0.15) is 12.8 Å². The number of fused-ring (bicyclic) bond motifs is 1. The Labute approximate surface area is 137 Å². The highest BCUT2D eigenvalue weighted by molar-refractivity contribution is 7.08. The largest absolute Gasteiger partial charge is 0.365 e. The van der Waals surface area contributed by atoms with Gasteiger partial charge in [-0.3, -0.25) is 4.79 Å². The molecule has 116 valence electrons. The molecule has 0 spiro atoms. The molecule has 1 aromatic carbocycles. The molecule has 0 aliphatic carbocycles. The maximum Gasteiger partial charge on any atom is 0.220 e. The number of benzene rings is 1. The van der Waals surface area contributed by atoms with Gasteiger partial charge in [0.1, 0.15) is 5.82 Å². The number of piperidine rings is 1. The second kappa shape index (κ2) is 5.96. The fraction of sp³-hybridized carbons (Fsp3) is 0.235. The minimum atomic E-state index is 0.120. The first-order valence-corrected chi connectivity index (χ1v) is 8.56. The fourth-order valence-electron chi connectivity index (χ4n) is 2.76. The number of para-hydroxylation sites is 1. The summed E-state index contributed by atoms with van der Waals surface area (Å²) in [5.41, 5.74) is 1.95. The van der Waals surface area contributed by atoms with Crippen molar-refractivity contribution in [1.29, 1.82) is 0 Å². The summed E-state index contributed by atoms with van der Waals surface area (Å²) >= 11 is 1.63. The van der Waals surface area contributed by atoms with Crippen LogP contribution in [0.25, 0.3) is 22.3 Å². The third-order valence-corrected chi connectivity index (χ3v) is 4.67. The Bertz CT molecular complexity index is 837. The Morgan fingerprint density at radius 2 is 2.13 bits per heavy atom. The summed E-state index contributed by atoms with van der Waals surface area (Å²) in [6.45, 7) is 0.630. The van der Waals surface area contributed by atoms with Crippen molar-refractivity contribution in [3.63, 3.8) is 0 Å². The van der Waals surface area contributed by atoms with E-state index in [1.807, 2.05) is 35.7 Å². The quantitative estimate of drug-likeness (QED) is 0.777. The standard InChI is InChI=1S/C17H16N4OS/c22-15-6-5-12(9-18-15)19-17-13-3-1-2-4-14(13)20-16(21-17)11-7-8-23-10-11/h1-4,7-8,10,12H,5-6,9H2,(H,18,22)(H,19,20,21). The fourth-order valence-corrected chi connectivity index (χ4v) is 3.39. The second-order valence-electron chi connectivity index (χ2n) is 5.61. The molecule has 1 unspecified atom stereocenters. The number of anilines is 1. The SMILES string of the molecule is O=C1CCC(Nc2nc(-c3ccsc3)nc3ccccc23)CN1. The van der Waals surface area contributed by atoms with Crippen molar-refractivity contribution in [3.05, 3.63) is 41.1 Å². The number of nitrogens with zero attached hydrogens (tertiary/aromatic N) is 2. The van der Waals surface area contributed by atoms with E-state index in [1.54, 1.807) is 11.3 Å². The third-order valence-electron chi connectivity index (χ3n) is 3.99. The predicted octanol–water partition coefficient (Wildman–Crippen LogP) is 3.05. The average Bonchev–Trinajstić information content (AvgIpc) is 3.11. The summed E-state index contributed by atoms with van der Waals surface area (Å²) in [6.07, 6.45) is 1.37. The van der Waals surface area contributed by atoms with E-state index in [0.29, 0.717) is 13.0 Å². The number of carbonyl (C=O) groups is 1. The zero-order chi connectivity index (χ0) is 15.6. The number of nitrogens with one attached hydrogen (secondary N) is 2. The van der Waals surface area contributed by atoms with Crippen LogP contribution in [0.15, 0.2) is 41.1 Å². The lowest BCUT2D eigenvalue weighted by molar-refractivity contribution is -0.122. The van der Waals surface area contributed by atoms with Crippen molar-refractivity contribution in [3.8, 4) is 11.4 Å². The van der Waals surface area contributed by atoms with Gasteiger partial charge in [0.25, 0.3) is 0 Å². The van der Waals surface area contributed by atoms with Crippen LogP contribution in [0, 0.1) is 0 Å². The molecule has 1 saturated heterocycles. The molecule has 4 rings (SSSR count). The van der Waals surface area contributed by atoms with Crippen molar-refractivity contribution in [1.82, 2.24) is 15.3 Å². The van der Waals surface area contributed by atoms with Crippen molar-refractivity contribution >= 4 is 34.0 Å². The molecule has 1 atom stereocenters. The van der Waals surface area contributed by atoms with Gasteiger partial charge >= 0.3 is 0 Å². The number of amides is 1. The van der Waals surface area contributed by atoms with E-state index in [0.717, 1.165) is 34.5 Å². The lowest BCUT2D eigenvalue weighted by Gasteiger charge is -2.24. The molecule has 0 saturated carbocycles. The highest BCUT2D eigenvalue weighted by atomic mass is 32.1. The van der Waals surface area contributed by atoms with Gasteiger partial charge in [-0.25, -0.2) is 9.97 Å². The van der Waals surface area contributed by atoms with E-state index in [9.17, 15) is 4.79 Å². The molecule has 1 aliphatic heterocycles. The van der Waals surface area contributed by atoms with Crippen LogP contribution >= 0.6 is 11.3 Å². The summed E-state index contributed by atoms with van der Waals surface area (Å²) in [5.74, 6) is 1.68. The molecule has 5 nitrogen and oxygen atoms in total. The average molecular weight is 324 g/mol. The molecule has 6 heteroatoms. The molecular weight excluding hydrogens is 308 g/mol. The van der Waals surface area contributed by atoms with Gasteiger partial charge in [-0.15, -0.1) is 0 Å². The number of thiophene rings is 1. The maximum absolute atomic E-state index is 11.3. The number of rotatable bonds is 3. The summed E-state index contributed by atoms with van der Waals surface area (Å²) in [7, 11) is 0. The Balaban J connectivity index is 1.73. The van der Waals surface area contributed by atoms with Gasteiger partial charge in [-0.2, -0.15) is 11.3 Å². The van der Waals surface area contributed by atoms with E-state index >= 15 is 0 Å². The second-order valence-corrected chi connectivity index (χ2v) is 6.39. The molecule has 3 heterocycles. The molecule has 2 aromatic heterocycles. The highest BCUT2D eigenvalue weighted by Gasteiger charge is 2.19. The van der Waals surface area contributed by atoms with Crippen molar-refractivity contribution < 1.29 is 4.79 Å². The predicted molar refractivity (Wildman–Crippen MR) is 92.5 cm³/mol. The third kappa shape index (κ3) is 2.90. The van der Waals surface area contributed by atoms with Crippen molar-refractivity contribution in [2.75, 3.05) is 11.9 Å². The molecule has 0 radical (unpaired) electrons. The molecular formula is C17H16N4OS. The van der Waals surface area contributed by atoms with Crippen LogP contribution in [0.5, 0.6) is 0 Å². The zero-order valence-corrected chi connectivity index (χ0v) is 13.3. The maximum atomic E-state index is 11.3. The van der Waals surface area contributed by atoms with E-state index in [2.05, 4.69) is 21.0 Å². The Morgan fingerprint density at radius 3 is 2.91 bits per heavy atom. The normalized spacial score (nSPS) is 17.9. The van der Waals surface area contributed by atoms with Gasteiger partial charge in [0.05, 0.1) is 5.52 Å². The summed E-state index contributed by atoms with van der Waals surface area (Å²) in [5, 5.41) is 11.5. The van der Waals surface area contributed by atoms with Crippen LogP contribution < -0.4 is 10.6 Å². The van der Waals surface area contributed by atoms with Gasteiger partial charge in [-0.05, 0) is 30.0 Å². The smallest absolute Gasteiger partial charge is 0.220 e. The van der Waals surface area contributed by atoms with Gasteiger partial charge in [0.15, 0.2) is 5.82 Å². The van der Waals surface area contributed by atoms with E-state index < -0.39 is 0 Å². The molecule has 23 heavy (non-hydrogen) atoms. The number of carbonyl (C=O) groups excluding carboxylic acids is 1. The summed E-state index contributed by atoms with van der Waals surface area (Å²) in [6, 6.07) is 10.2. The van der Waals surface area contributed by atoms with Crippen molar-refractivity contribution in [2.45, 2.75) is 18.9 Å². The molecule has 1 fully saturated rings. The molecule has 3 aromatic rings. The van der Waals surface area contributed by atoms with Crippen LogP contribution in [-0.2, 0) is 4.79 Å². The highest BCUT2D eigenvalue weighted by Crippen LogP contribution is 2.27. The lowest BCUT2D eigenvalue weighted by Crippen LogP contribution is -2.42. The van der Waals surface area contributed by atoms with Crippen LogP contribution in [0.2, 0.25) is 0 Å². The Morgan fingerprint density at radius 1 is 1.22 bits per heavy atom. The first kappa shape index (κ1) is 14.1. The van der Waals surface area contributed by atoms with Gasteiger partial charge < -0.3 is 10.6 Å². The molecule has 0 bridgehead atoms. The summed E-state index contributed by atoms with van der Waals surface area (Å²) in [4.78, 5) is 20.7. The van der Waals surface area contributed by atoms with E-state index in [4.69, 9.17) is 4.98 Å². The molecule has 1 aliphatic rings. The van der Waals surface area contributed by atoms with Crippen LogP contribution in [0.3, 0.4) is 0 Å². The topological polar surface area (TPSA) is 66.9 Å². The van der Waals surface area contributed by atoms with Gasteiger partial charge in [0.2, 0.25) is 5.91 Å². The van der Waals surface area contributed by atoms with Gasteiger partial charge in [-0.1, -0.05) is 12.1 Å². The minimum absolute atomic E-state index is 0.120. The number of hydrogen-bond acceptors (Lipinski definition) is 5. The first-order chi connectivity index (χ1) is 11.3. The zero-order valence-electron chi connectivity index (χ0n) is 12.5. The van der Waals surface area contributed by atoms with Crippen molar-refractivity contribution in [2.24, 2.45) is 0 Å². The summed E-state index contributed by atoms with van der Waals surface area (Å²) < 4.78 is 0. The Hall–Kier alpha value is -2.47.